The Bertz CT molecular complexity index is 459. The zero-order chi connectivity index (χ0) is 15.5. The predicted molar refractivity (Wildman–Crippen MR) is 73.2 cm³/mol. The van der Waals surface area contributed by atoms with Crippen molar-refractivity contribution in [1.29, 1.82) is 0 Å². The molecule has 1 aliphatic heterocycles. The van der Waals surface area contributed by atoms with Gasteiger partial charge in [0.2, 0.25) is 0 Å². The summed E-state index contributed by atoms with van der Waals surface area (Å²) in [4.78, 5) is 2.20. The van der Waals surface area contributed by atoms with E-state index in [1.54, 1.807) is 0 Å². The molecule has 1 aromatic heterocycles. The van der Waals surface area contributed by atoms with E-state index in [9.17, 15) is 13.2 Å². The second-order valence-corrected chi connectivity index (χ2v) is 5.61. The van der Waals surface area contributed by atoms with E-state index >= 15 is 0 Å². The van der Waals surface area contributed by atoms with Crippen molar-refractivity contribution in [1.82, 2.24) is 14.7 Å². The fraction of sp³-hybridized carbons (Fsp3) is 0.786. The second kappa shape index (κ2) is 6.79. The molecule has 7 heteroatoms. The summed E-state index contributed by atoms with van der Waals surface area (Å²) in [6, 6.07) is 2.36. The van der Waals surface area contributed by atoms with Gasteiger partial charge in [-0.3, -0.25) is 9.58 Å². The lowest BCUT2D eigenvalue weighted by Gasteiger charge is -2.24. The minimum Gasteiger partial charge on any atom is -0.371 e. The first-order valence-corrected chi connectivity index (χ1v) is 7.25. The third-order valence-corrected chi connectivity index (χ3v) is 3.77. The molecule has 2 rings (SSSR count). The SMILES string of the molecule is Cc1cc(C)n(C[C@H]2CCCN2CCOCC(F)(F)F)n1. The highest BCUT2D eigenvalue weighted by Gasteiger charge is 2.28. The Morgan fingerprint density at radius 2 is 2.14 bits per heavy atom. The van der Waals surface area contributed by atoms with Crippen LogP contribution in [0.3, 0.4) is 0 Å². The molecule has 0 N–H and O–H groups in total. The molecular formula is C14H22F3N3O. The van der Waals surface area contributed by atoms with Crippen molar-refractivity contribution in [3.8, 4) is 0 Å². The largest absolute Gasteiger partial charge is 0.411 e. The lowest BCUT2D eigenvalue weighted by molar-refractivity contribution is -0.174. The van der Waals surface area contributed by atoms with E-state index < -0.39 is 12.8 Å². The van der Waals surface area contributed by atoms with Gasteiger partial charge < -0.3 is 4.74 Å². The van der Waals surface area contributed by atoms with Crippen LogP contribution in [-0.2, 0) is 11.3 Å². The molecule has 0 aromatic carbocycles. The molecule has 120 valence electrons. The van der Waals surface area contributed by atoms with E-state index in [4.69, 9.17) is 4.74 Å². The first kappa shape index (κ1) is 16.3. The van der Waals surface area contributed by atoms with Gasteiger partial charge in [0.15, 0.2) is 0 Å². The van der Waals surface area contributed by atoms with Crippen LogP contribution in [0.4, 0.5) is 13.2 Å². The van der Waals surface area contributed by atoms with Crippen molar-refractivity contribution in [3.63, 3.8) is 0 Å². The van der Waals surface area contributed by atoms with Crippen LogP contribution in [0.1, 0.15) is 24.2 Å². The van der Waals surface area contributed by atoms with Gasteiger partial charge in [-0.05, 0) is 39.3 Å². The van der Waals surface area contributed by atoms with E-state index in [-0.39, 0.29) is 6.61 Å². The third kappa shape index (κ3) is 5.00. The second-order valence-electron chi connectivity index (χ2n) is 5.61. The summed E-state index contributed by atoms with van der Waals surface area (Å²) in [6.45, 7) is 5.18. The van der Waals surface area contributed by atoms with Gasteiger partial charge >= 0.3 is 6.18 Å². The monoisotopic (exact) mass is 305 g/mol. The number of ether oxygens (including phenoxy) is 1. The minimum atomic E-state index is -4.24. The molecule has 4 nitrogen and oxygen atoms in total. The van der Waals surface area contributed by atoms with Crippen LogP contribution in [0.15, 0.2) is 6.07 Å². The molecule has 0 radical (unpaired) electrons. The van der Waals surface area contributed by atoms with Crippen molar-refractivity contribution in [2.75, 3.05) is 26.3 Å². The zero-order valence-electron chi connectivity index (χ0n) is 12.5. The van der Waals surface area contributed by atoms with Crippen LogP contribution in [-0.4, -0.2) is 53.2 Å². The summed E-state index contributed by atoms with van der Waals surface area (Å²) in [5, 5.41) is 4.45. The fourth-order valence-corrected chi connectivity index (χ4v) is 2.83. The average molecular weight is 305 g/mol. The van der Waals surface area contributed by atoms with E-state index in [0.29, 0.717) is 12.6 Å². The quantitative estimate of drug-likeness (QED) is 0.757. The highest BCUT2D eigenvalue weighted by Crippen LogP contribution is 2.20. The summed E-state index contributed by atoms with van der Waals surface area (Å²) < 4.78 is 42.7. The average Bonchev–Trinajstić information content (AvgIpc) is 2.92. The molecule has 1 aliphatic rings. The van der Waals surface area contributed by atoms with Crippen LogP contribution >= 0.6 is 0 Å². The summed E-state index contributed by atoms with van der Waals surface area (Å²) in [6.07, 6.45) is -2.12. The van der Waals surface area contributed by atoms with Gasteiger partial charge in [-0.25, -0.2) is 0 Å². The lowest BCUT2D eigenvalue weighted by Crippen LogP contribution is -2.36. The van der Waals surface area contributed by atoms with E-state index in [0.717, 1.165) is 37.3 Å². The molecule has 21 heavy (non-hydrogen) atoms. The molecule has 0 saturated carbocycles. The number of hydrogen-bond acceptors (Lipinski definition) is 3. The van der Waals surface area contributed by atoms with Gasteiger partial charge in [0.1, 0.15) is 6.61 Å². The Kier molecular flexibility index (Phi) is 5.27. The van der Waals surface area contributed by atoms with Gasteiger partial charge in [-0.2, -0.15) is 18.3 Å². The van der Waals surface area contributed by atoms with E-state index in [1.807, 2.05) is 24.6 Å². The smallest absolute Gasteiger partial charge is 0.371 e. The first-order chi connectivity index (χ1) is 9.85. The Morgan fingerprint density at radius 3 is 2.76 bits per heavy atom. The number of aryl methyl sites for hydroxylation is 2. The zero-order valence-corrected chi connectivity index (χ0v) is 12.5. The Labute approximate surface area is 122 Å². The number of alkyl halides is 3. The van der Waals surface area contributed by atoms with Crippen LogP contribution in [0.5, 0.6) is 0 Å². The predicted octanol–water partition coefficient (Wildman–Crippen LogP) is 2.54. The highest BCUT2D eigenvalue weighted by molar-refractivity contribution is 5.06. The van der Waals surface area contributed by atoms with Crippen LogP contribution in [0.2, 0.25) is 0 Å². The van der Waals surface area contributed by atoms with Gasteiger partial charge in [0.05, 0.1) is 18.8 Å². The lowest BCUT2D eigenvalue weighted by atomic mass is 10.2. The number of hydrogen-bond donors (Lipinski definition) is 0. The summed E-state index contributed by atoms with van der Waals surface area (Å²) in [5.74, 6) is 0. The minimum absolute atomic E-state index is 0.118. The topological polar surface area (TPSA) is 30.3 Å². The van der Waals surface area contributed by atoms with Crippen molar-refractivity contribution in [2.45, 2.75) is 45.5 Å². The molecule has 0 unspecified atom stereocenters. The van der Waals surface area contributed by atoms with Gasteiger partial charge in [-0.15, -0.1) is 0 Å². The Balaban J connectivity index is 1.79. The van der Waals surface area contributed by atoms with Crippen LogP contribution in [0, 0.1) is 13.8 Å². The maximum Gasteiger partial charge on any atom is 0.411 e. The number of nitrogens with zero attached hydrogens (tertiary/aromatic N) is 3. The van der Waals surface area contributed by atoms with Gasteiger partial charge in [0.25, 0.3) is 0 Å². The molecule has 1 fully saturated rings. The fourth-order valence-electron chi connectivity index (χ4n) is 2.83. The summed E-state index contributed by atoms with van der Waals surface area (Å²) in [7, 11) is 0. The third-order valence-electron chi connectivity index (χ3n) is 3.77. The number of aromatic nitrogens is 2. The van der Waals surface area contributed by atoms with Crippen LogP contribution < -0.4 is 0 Å². The summed E-state index contributed by atoms with van der Waals surface area (Å²) in [5.41, 5.74) is 2.11. The molecule has 2 heterocycles. The maximum absolute atomic E-state index is 12.0. The molecule has 1 aromatic rings. The number of halogens is 3. The molecule has 0 aliphatic carbocycles. The van der Waals surface area contributed by atoms with Crippen molar-refractivity contribution in [2.24, 2.45) is 0 Å². The number of rotatable bonds is 6. The summed E-state index contributed by atoms with van der Waals surface area (Å²) >= 11 is 0. The number of likely N-dealkylation sites (tertiary alicyclic amines) is 1. The molecule has 0 amide bonds. The van der Waals surface area contributed by atoms with Gasteiger partial charge in [-0.1, -0.05) is 0 Å². The molecule has 0 spiro atoms. The van der Waals surface area contributed by atoms with E-state index in [2.05, 4.69) is 10.00 Å². The standard InChI is InChI=1S/C14H22F3N3O/c1-11-8-12(2)20(18-11)9-13-4-3-5-19(13)6-7-21-10-14(15,16)17/h8,13H,3-7,9-10H2,1-2H3/t13-/m1/s1. The van der Waals surface area contributed by atoms with Crippen molar-refractivity contribution >= 4 is 0 Å². The van der Waals surface area contributed by atoms with Gasteiger partial charge in [0, 0.05) is 18.3 Å². The van der Waals surface area contributed by atoms with Crippen molar-refractivity contribution in [3.05, 3.63) is 17.5 Å². The van der Waals surface area contributed by atoms with E-state index in [1.165, 1.54) is 0 Å². The van der Waals surface area contributed by atoms with Crippen molar-refractivity contribution < 1.29 is 17.9 Å². The highest BCUT2D eigenvalue weighted by atomic mass is 19.4. The molecule has 0 bridgehead atoms. The maximum atomic E-state index is 12.0. The Hall–Kier alpha value is -1.08. The Morgan fingerprint density at radius 1 is 1.38 bits per heavy atom. The van der Waals surface area contributed by atoms with Crippen LogP contribution in [0.25, 0.3) is 0 Å². The molecular weight excluding hydrogens is 283 g/mol. The molecule has 1 saturated heterocycles. The first-order valence-electron chi connectivity index (χ1n) is 7.25. The normalized spacial score (nSPS) is 20.3. The molecule has 1 atom stereocenters.